The van der Waals surface area contributed by atoms with Crippen molar-refractivity contribution in [2.75, 3.05) is 17.3 Å². The molecule has 1 amide bonds. The zero-order chi connectivity index (χ0) is 10.8. The van der Waals surface area contributed by atoms with E-state index in [-0.39, 0.29) is 12.2 Å². The predicted octanol–water partition coefficient (Wildman–Crippen LogP) is 2.90. The Bertz CT molecular complexity index is 383. The van der Waals surface area contributed by atoms with Crippen molar-refractivity contribution in [3.8, 4) is 0 Å². The first-order valence-corrected chi connectivity index (χ1v) is 5.41. The third-order valence-corrected chi connectivity index (χ3v) is 2.75. The first kappa shape index (κ1) is 10.6. The molecule has 80 valence electrons. The first-order valence-electron chi connectivity index (χ1n) is 4.50. The Hall–Kier alpha value is -0.930. The van der Waals surface area contributed by atoms with Crippen molar-refractivity contribution in [1.29, 1.82) is 0 Å². The molecule has 0 saturated carbocycles. The number of carbonyl (C=O) groups is 1. The average Bonchev–Trinajstić information content (AvgIpc) is 2.60. The molecule has 1 unspecified atom stereocenters. The molecule has 0 N–H and O–H groups in total. The molecule has 1 fully saturated rings. The minimum atomic E-state index is -0.372. The lowest BCUT2D eigenvalue weighted by Crippen LogP contribution is -2.24. The summed E-state index contributed by atoms with van der Waals surface area (Å²) in [4.78, 5) is 13.0. The SMILES string of the molecule is O=C1OC(CCl)CN1c1cccc(Cl)c1. The first-order chi connectivity index (χ1) is 7.20. The summed E-state index contributed by atoms with van der Waals surface area (Å²) in [5, 5.41) is 0.592. The molecule has 0 spiro atoms. The normalized spacial score (nSPS) is 20.5. The second-order valence-corrected chi connectivity index (χ2v) is 4.00. The highest BCUT2D eigenvalue weighted by atomic mass is 35.5. The molecule has 0 radical (unpaired) electrons. The van der Waals surface area contributed by atoms with Crippen LogP contribution < -0.4 is 4.90 Å². The van der Waals surface area contributed by atoms with Crippen molar-refractivity contribution in [3.63, 3.8) is 0 Å². The van der Waals surface area contributed by atoms with Gasteiger partial charge in [-0.2, -0.15) is 0 Å². The molecule has 2 rings (SSSR count). The lowest BCUT2D eigenvalue weighted by atomic mass is 10.3. The summed E-state index contributed by atoms with van der Waals surface area (Å²) in [6.07, 6.45) is -0.610. The van der Waals surface area contributed by atoms with Crippen LogP contribution in [0.15, 0.2) is 24.3 Å². The molecule has 0 bridgehead atoms. The van der Waals surface area contributed by atoms with Gasteiger partial charge in [-0.3, -0.25) is 4.90 Å². The number of hydrogen-bond donors (Lipinski definition) is 0. The molecule has 1 aromatic rings. The Morgan fingerprint density at radius 2 is 2.33 bits per heavy atom. The molecule has 1 aliphatic rings. The van der Waals surface area contributed by atoms with E-state index in [9.17, 15) is 4.79 Å². The number of benzene rings is 1. The highest BCUT2D eigenvalue weighted by Gasteiger charge is 2.31. The molecule has 15 heavy (non-hydrogen) atoms. The zero-order valence-corrected chi connectivity index (χ0v) is 9.33. The van der Waals surface area contributed by atoms with Crippen LogP contribution in [0.5, 0.6) is 0 Å². The van der Waals surface area contributed by atoms with E-state index in [4.69, 9.17) is 27.9 Å². The summed E-state index contributed by atoms with van der Waals surface area (Å²) in [6.45, 7) is 0.475. The fourth-order valence-electron chi connectivity index (χ4n) is 1.46. The fraction of sp³-hybridized carbons (Fsp3) is 0.300. The Balaban J connectivity index is 2.21. The van der Waals surface area contributed by atoms with Crippen molar-refractivity contribution in [2.24, 2.45) is 0 Å². The molecule has 3 nitrogen and oxygen atoms in total. The molecule has 1 atom stereocenters. The summed E-state index contributed by atoms with van der Waals surface area (Å²) >= 11 is 11.5. The number of rotatable bonds is 2. The van der Waals surface area contributed by atoms with E-state index in [1.807, 2.05) is 6.07 Å². The van der Waals surface area contributed by atoms with Crippen LogP contribution in [0, 0.1) is 0 Å². The standard InChI is InChI=1S/C10H9Cl2NO2/c11-5-9-6-13(10(14)15-9)8-3-1-2-7(12)4-8/h1-4,9H,5-6H2. The molecular weight excluding hydrogens is 237 g/mol. The molecule has 0 aliphatic carbocycles. The number of nitrogens with zero attached hydrogens (tertiary/aromatic N) is 1. The van der Waals surface area contributed by atoms with Gasteiger partial charge in [-0.15, -0.1) is 11.6 Å². The monoisotopic (exact) mass is 245 g/mol. The number of alkyl halides is 1. The van der Waals surface area contributed by atoms with E-state index in [0.717, 1.165) is 5.69 Å². The Labute approximate surface area is 97.5 Å². The summed E-state index contributed by atoms with van der Waals surface area (Å²) < 4.78 is 5.03. The maximum atomic E-state index is 11.5. The lowest BCUT2D eigenvalue weighted by molar-refractivity contribution is 0.151. The molecular formula is C10H9Cl2NO2. The van der Waals surface area contributed by atoms with Crippen LogP contribution in [-0.2, 0) is 4.74 Å². The van der Waals surface area contributed by atoms with Crippen LogP contribution in [0.3, 0.4) is 0 Å². The lowest BCUT2D eigenvalue weighted by Gasteiger charge is -2.12. The number of ether oxygens (including phenoxy) is 1. The highest BCUT2D eigenvalue weighted by molar-refractivity contribution is 6.30. The van der Waals surface area contributed by atoms with E-state index in [0.29, 0.717) is 17.4 Å². The number of anilines is 1. The maximum absolute atomic E-state index is 11.5. The number of halogens is 2. The maximum Gasteiger partial charge on any atom is 0.414 e. The van der Waals surface area contributed by atoms with E-state index < -0.39 is 0 Å². The smallest absolute Gasteiger partial charge is 0.414 e. The van der Waals surface area contributed by atoms with E-state index in [2.05, 4.69) is 0 Å². The van der Waals surface area contributed by atoms with Gasteiger partial charge >= 0.3 is 6.09 Å². The minimum absolute atomic E-state index is 0.238. The Kier molecular flexibility index (Phi) is 3.03. The average molecular weight is 246 g/mol. The summed E-state index contributed by atoms with van der Waals surface area (Å²) in [6, 6.07) is 7.08. The summed E-state index contributed by atoms with van der Waals surface area (Å²) in [5.74, 6) is 0.308. The van der Waals surface area contributed by atoms with Gasteiger partial charge in [0.2, 0.25) is 0 Å². The second kappa shape index (κ2) is 4.29. The quantitative estimate of drug-likeness (QED) is 0.751. The minimum Gasteiger partial charge on any atom is -0.443 e. The zero-order valence-electron chi connectivity index (χ0n) is 7.82. The van der Waals surface area contributed by atoms with Gasteiger partial charge in [-0.25, -0.2) is 4.79 Å². The van der Waals surface area contributed by atoms with Gasteiger partial charge in [-0.05, 0) is 18.2 Å². The van der Waals surface area contributed by atoms with Crippen molar-refractivity contribution in [2.45, 2.75) is 6.10 Å². The summed E-state index contributed by atoms with van der Waals surface area (Å²) in [5.41, 5.74) is 0.736. The second-order valence-electron chi connectivity index (χ2n) is 3.25. The van der Waals surface area contributed by atoms with Crippen molar-refractivity contribution >= 4 is 35.0 Å². The number of hydrogen-bond acceptors (Lipinski definition) is 2. The Morgan fingerprint density at radius 3 is 2.93 bits per heavy atom. The molecule has 1 aliphatic heterocycles. The predicted molar refractivity (Wildman–Crippen MR) is 59.8 cm³/mol. The van der Waals surface area contributed by atoms with Crippen molar-refractivity contribution in [1.82, 2.24) is 0 Å². The number of cyclic esters (lactones) is 1. The molecule has 1 aromatic carbocycles. The third-order valence-electron chi connectivity index (χ3n) is 2.17. The van der Waals surface area contributed by atoms with Crippen LogP contribution in [0.4, 0.5) is 10.5 Å². The molecule has 0 aromatic heterocycles. The molecule has 1 heterocycles. The van der Waals surface area contributed by atoms with E-state index >= 15 is 0 Å². The number of carbonyl (C=O) groups excluding carboxylic acids is 1. The molecule has 1 saturated heterocycles. The largest absolute Gasteiger partial charge is 0.443 e. The van der Waals surface area contributed by atoms with Crippen molar-refractivity contribution < 1.29 is 9.53 Å². The van der Waals surface area contributed by atoms with Crippen LogP contribution in [0.25, 0.3) is 0 Å². The molecule has 5 heteroatoms. The van der Waals surface area contributed by atoms with Crippen molar-refractivity contribution in [3.05, 3.63) is 29.3 Å². The van der Waals surface area contributed by atoms with Gasteiger partial charge in [0.1, 0.15) is 6.10 Å². The van der Waals surface area contributed by atoms with Gasteiger partial charge < -0.3 is 4.74 Å². The van der Waals surface area contributed by atoms with Gasteiger partial charge in [0.15, 0.2) is 0 Å². The number of amides is 1. The third kappa shape index (κ3) is 2.19. The van der Waals surface area contributed by atoms with Crippen LogP contribution in [0.1, 0.15) is 0 Å². The van der Waals surface area contributed by atoms with Crippen LogP contribution in [0.2, 0.25) is 5.02 Å². The summed E-state index contributed by atoms with van der Waals surface area (Å²) in [7, 11) is 0. The van der Waals surface area contributed by atoms with E-state index in [1.165, 1.54) is 4.90 Å². The van der Waals surface area contributed by atoms with Gasteiger partial charge in [0, 0.05) is 10.7 Å². The highest BCUT2D eigenvalue weighted by Crippen LogP contribution is 2.24. The van der Waals surface area contributed by atoms with Crippen LogP contribution >= 0.6 is 23.2 Å². The Morgan fingerprint density at radius 1 is 1.53 bits per heavy atom. The van der Waals surface area contributed by atoms with Gasteiger partial charge in [0.25, 0.3) is 0 Å². The van der Waals surface area contributed by atoms with E-state index in [1.54, 1.807) is 18.2 Å². The van der Waals surface area contributed by atoms with Gasteiger partial charge in [-0.1, -0.05) is 17.7 Å². The fourth-order valence-corrected chi connectivity index (χ4v) is 1.80. The topological polar surface area (TPSA) is 29.5 Å². The van der Waals surface area contributed by atoms with Gasteiger partial charge in [0.05, 0.1) is 12.4 Å². The van der Waals surface area contributed by atoms with Crippen LogP contribution in [-0.4, -0.2) is 24.6 Å².